The van der Waals surface area contributed by atoms with Crippen molar-refractivity contribution in [2.45, 2.75) is 32.9 Å². The van der Waals surface area contributed by atoms with E-state index >= 15 is 0 Å². The summed E-state index contributed by atoms with van der Waals surface area (Å²) in [6, 6.07) is 0.202. The molecule has 0 saturated carbocycles. The average Bonchev–Trinajstić information content (AvgIpc) is 2.68. The van der Waals surface area contributed by atoms with Gasteiger partial charge in [0.25, 0.3) is 5.91 Å². The fraction of sp³-hybridized carbons (Fsp3) is 0.455. The van der Waals surface area contributed by atoms with Crippen LogP contribution < -0.4 is 11.1 Å². The molecule has 8 nitrogen and oxygen atoms in total. The number of carbonyl (C=O) groups is 3. The quantitative estimate of drug-likeness (QED) is 0.626. The molecule has 1 aromatic rings. The number of hydrogen-bond donors (Lipinski definition) is 3. The van der Waals surface area contributed by atoms with E-state index in [0.29, 0.717) is 12.2 Å². The molecule has 8 heteroatoms. The highest BCUT2D eigenvalue weighted by Gasteiger charge is 2.24. The van der Waals surface area contributed by atoms with Crippen LogP contribution in [0.15, 0.2) is 6.07 Å². The maximum atomic E-state index is 11.9. The lowest BCUT2D eigenvalue weighted by atomic mass is 10.2. The van der Waals surface area contributed by atoms with Crippen LogP contribution in [0.3, 0.4) is 0 Å². The largest absolute Gasteiger partial charge is 0.480 e. The van der Waals surface area contributed by atoms with Crippen LogP contribution in [0.1, 0.15) is 29.5 Å². The zero-order valence-corrected chi connectivity index (χ0v) is 10.7. The standard InChI is InChI=1S/C11H16N4O4/c1-3-15-8(4-6(2)14-15)10(17)13-7(11(18)19)5-9(12)16/h4,7H,3,5H2,1-2H3,(H2,12,16)(H,13,17)(H,18,19)/t7-/m0/s1. The summed E-state index contributed by atoms with van der Waals surface area (Å²) >= 11 is 0. The van der Waals surface area contributed by atoms with Crippen molar-refractivity contribution in [2.75, 3.05) is 0 Å². The van der Waals surface area contributed by atoms with Gasteiger partial charge >= 0.3 is 5.97 Å². The molecule has 4 N–H and O–H groups in total. The van der Waals surface area contributed by atoms with Crippen molar-refractivity contribution < 1.29 is 19.5 Å². The van der Waals surface area contributed by atoms with Crippen LogP contribution in [-0.4, -0.2) is 38.7 Å². The Morgan fingerprint density at radius 3 is 2.63 bits per heavy atom. The molecule has 0 bridgehead atoms. The normalized spacial score (nSPS) is 11.9. The van der Waals surface area contributed by atoms with Gasteiger partial charge in [-0.05, 0) is 19.9 Å². The highest BCUT2D eigenvalue weighted by Crippen LogP contribution is 2.05. The number of aryl methyl sites for hydroxylation is 2. The van der Waals surface area contributed by atoms with Crippen LogP contribution in [0.25, 0.3) is 0 Å². The van der Waals surface area contributed by atoms with E-state index in [-0.39, 0.29) is 5.69 Å². The SMILES string of the molecule is CCn1nc(C)cc1C(=O)N[C@@H](CC(N)=O)C(=O)O. The van der Waals surface area contributed by atoms with Crippen molar-refractivity contribution in [3.05, 3.63) is 17.5 Å². The summed E-state index contributed by atoms with van der Waals surface area (Å²) < 4.78 is 1.45. The average molecular weight is 268 g/mol. The summed E-state index contributed by atoms with van der Waals surface area (Å²) in [6.45, 7) is 4.01. The Kier molecular flexibility index (Phi) is 4.62. The molecular formula is C11H16N4O4. The van der Waals surface area contributed by atoms with Gasteiger partial charge in [-0.25, -0.2) is 4.79 Å². The number of amides is 2. The first-order valence-electron chi connectivity index (χ1n) is 5.71. The first-order valence-corrected chi connectivity index (χ1v) is 5.71. The Labute approximate surface area is 109 Å². The summed E-state index contributed by atoms with van der Waals surface area (Å²) in [7, 11) is 0. The van der Waals surface area contributed by atoms with Crippen molar-refractivity contribution in [1.82, 2.24) is 15.1 Å². The lowest BCUT2D eigenvalue weighted by Crippen LogP contribution is -2.43. The summed E-state index contributed by atoms with van der Waals surface area (Å²) in [5.41, 5.74) is 5.83. The monoisotopic (exact) mass is 268 g/mol. The molecule has 0 fully saturated rings. The van der Waals surface area contributed by atoms with E-state index in [4.69, 9.17) is 10.8 Å². The maximum absolute atomic E-state index is 11.9. The van der Waals surface area contributed by atoms with Crippen LogP contribution >= 0.6 is 0 Å². The van der Waals surface area contributed by atoms with E-state index in [1.54, 1.807) is 19.9 Å². The van der Waals surface area contributed by atoms with E-state index < -0.39 is 30.2 Å². The van der Waals surface area contributed by atoms with Crippen LogP contribution in [0.5, 0.6) is 0 Å². The molecule has 2 amide bonds. The molecule has 104 valence electrons. The second kappa shape index (κ2) is 5.98. The summed E-state index contributed by atoms with van der Waals surface area (Å²) in [4.78, 5) is 33.6. The number of carbonyl (C=O) groups excluding carboxylic acids is 2. The fourth-order valence-electron chi connectivity index (χ4n) is 1.60. The molecule has 0 aliphatic rings. The number of nitrogens with one attached hydrogen (secondary N) is 1. The lowest BCUT2D eigenvalue weighted by molar-refractivity contribution is -0.140. The first-order chi connectivity index (χ1) is 8.85. The smallest absolute Gasteiger partial charge is 0.326 e. The molecular weight excluding hydrogens is 252 g/mol. The third-order valence-electron chi connectivity index (χ3n) is 2.44. The van der Waals surface area contributed by atoms with E-state index in [0.717, 1.165) is 0 Å². The van der Waals surface area contributed by atoms with Gasteiger partial charge in [-0.1, -0.05) is 0 Å². The molecule has 0 unspecified atom stereocenters. The minimum atomic E-state index is -1.34. The van der Waals surface area contributed by atoms with E-state index in [1.807, 2.05) is 0 Å². The number of hydrogen-bond acceptors (Lipinski definition) is 4. The summed E-state index contributed by atoms with van der Waals surface area (Å²) in [5.74, 6) is -2.71. The number of aromatic nitrogens is 2. The number of aliphatic carboxylic acids is 1. The molecule has 1 rings (SSSR count). The first kappa shape index (κ1) is 14.7. The van der Waals surface area contributed by atoms with Crippen LogP contribution in [0.4, 0.5) is 0 Å². The second-order valence-corrected chi connectivity index (χ2v) is 4.02. The molecule has 1 heterocycles. The molecule has 19 heavy (non-hydrogen) atoms. The highest BCUT2D eigenvalue weighted by atomic mass is 16.4. The number of primary amides is 1. The highest BCUT2D eigenvalue weighted by molar-refractivity contribution is 5.96. The molecule has 0 radical (unpaired) electrons. The number of carboxylic acid groups (broad SMARTS) is 1. The molecule has 0 saturated heterocycles. The lowest BCUT2D eigenvalue weighted by Gasteiger charge is -2.13. The van der Waals surface area contributed by atoms with Crippen molar-refractivity contribution in [1.29, 1.82) is 0 Å². The Morgan fingerprint density at radius 2 is 2.16 bits per heavy atom. The number of rotatable bonds is 6. The number of carboxylic acids is 1. The molecule has 1 aromatic heterocycles. The summed E-state index contributed by atoms with van der Waals surface area (Å²) in [6.07, 6.45) is -0.458. The van der Waals surface area contributed by atoms with E-state index in [9.17, 15) is 14.4 Å². The number of nitrogens with two attached hydrogens (primary N) is 1. The zero-order valence-electron chi connectivity index (χ0n) is 10.7. The molecule has 0 spiro atoms. The molecule has 1 atom stereocenters. The Balaban J connectivity index is 2.87. The molecule has 0 aliphatic heterocycles. The van der Waals surface area contributed by atoms with Gasteiger partial charge in [0.2, 0.25) is 5.91 Å². The van der Waals surface area contributed by atoms with Crippen molar-refractivity contribution in [3.63, 3.8) is 0 Å². The van der Waals surface area contributed by atoms with Gasteiger partial charge in [-0.3, -0.25) is 14.3 Å². The van der Waals surface area contributed by atoms with Crippen LogP contribution in [-0.2, 0) is 16.1 Å². The van der Waals surface area contributed by atoms with Gasteiger partial charge in [0.15, 0.2) is 0 Å². The number of nitrogens with zero attached hydrogens (tertiary/aromatic N) is 2. The van der Waals surface area contributed by atoms with Gasteiger partial charge in [0, 0.05) is 6.54 Å². The zero-order chi connectivity index (χ0) is 14.6. The molecule has 0 aromatic carbocycles. The van der Waals surface area contributed by atoms with Gasteiger partial charge in [-0.15, -0.1) is 0 Å². The fourth-order valence-corrected chi connectivity index (χ4v) is 1.60. The third-order valence-corrected chi connectivity index (χ3v) is 2.44. The maximum Gasteiger partial charge on any atom is 0.326 e. The third kappa shape index (κ3) is 3.80. The van der Waals surface area contributed by atoms with Gasteiger partial charge in [0.1, 0.15) is 11.7 Å². The van der Waals surface area contributed by atoms with Gasteiger partial charge in [-0.2, -0.15) is 5.10 Å². The summed E-state index contributed by atoms with van der Waals surface area (Å²) in [5, 5.41) is 15.2. The van der Waals surface area contributed by atoms with Crippen LogP contribution in [0.2, 0.25) is 0 Å². The van der Waals surface area contributed by atoms with Crippen molar-refractivity contribution in [3.8, 4) is 0 Å². The second-order valence-electron chi connectivity index (χ2n) is 4.02. The van der Waals surface area contributed by atoms with E-state index in [2.05, 4.69) is 10.4 Å². The molecule has 0 aliphatic carbocycles. The van der Waals surface area contributed by atoms with Crippen LogP contribution in [0, 0.1) is 6.92 Å². The van der Waals surface area contributed by atoms with E-state index in [1.165, 1.54) is 4.68 Å². The minimum absolute atomic E-state index is 0.246. The Bertz CT molecular complexity index is 509. The predicted molar refractivity (Wildman–Crippen MR) is 65.3 cm³/mol. The van der Waals surface area contributed by atoms with Crippen molar-refractivity contribution >= 4 is 17.8 Å². The Hall–Kier alpha value is -2.38. The minimum Gasteiger partial charge on any atom is -0.480 e. The Morgan fingerprint density at radius 1 is 1.53 bits per heavy atom. The van der Waals surface area contributed by atoms with Gasteiger partial charge < -0.3 is 16.2 Å². The topological polar surface area (TPSA) is 127 Å². The van der Waals surface area contributed by atoms with Gasteiger partial charge in [0.05, 0.1) is 12.1 Å². The van der Waals surface area contributed by atoms with Crippen molar-refractivity contribution in [2.24, 2.45) is 5.73 Å². The predicted octanol–water partition coefficient (Wildman–Crippen LogP) is -0.730.